The number of carbonyl (C=O) groups excluding carboxylic acids is 3. The third-order valence-electron chi connectivity index (χ3n) is 6.24. The molecule has 1 saturated heterocycles. The highest BCUT2D eigenvalue weighted by atomic mass is 16.2. The maximum absolute atomic E-state index is 13.0. The summed E-state index contributed by atoms with van der Waals surface area (Å²) >= 11 is 0. The van der Waals surface area contributed by atoms with Crippen molar-refractivity contribution >= 4 is 17.6 Å². The number of benzene rings is 1. The Balaban J connectivity index is 1.48. The standard InChI is InChI=1S/C24H26N2O3/c1-16-14-21(17(2)25(16)13-12-18-8-4-3-5-9-18)22(27)15-26-23(28)19-10-6-7-11-20(19)24(26)29/h3-9,14,19-20H,10-13,15H2,1-2H3/t19-,20-/m0/s1. The maximum atomic E-state index is 13.0. The van der Waals surface area contributed by atoms with Crippen molar-refractivity contribution in [3.8, 4) is 0 Å². The fraction of sp³-hybridized carbons (Fsp3) is 0.375. The number of allylic oxidation sites excluding steroid dienone is 2. The first kappa shape index (κ1) is 19.4. The van der Waals surface area contributed by atoms with Gasteiger partial charge in [-0.15, -0.1) is 0 Å². The molecule has 1 aliphatic heterocycles. The molecule has 1 fully saturated rings. The van der Waals surface area contributed by atoms with Gasteiger partial charge >= 0.3 is 0 Å². The van der Waals surface area contributed by atoms with Crippen molar-refractivity contribution in [2.75, 3.05) is 6.54 Å². The monoisotopic (exact) mass is 390 g/mol. The van der Waals surface area contributed by atoms with Crippen LogP contribution in [-0.4, -0.2) is 33.6 Å². The summed E-state index contributed by atoms with van der Waals surface area (Å²) in [5, 5.41) is 0. The third kappa shape index (κ3) is 3.57. The Kier molecular flexibility index (Phi) is 5.22. The van der Waals surface area contributed by atoms with E-state index < -0.39 is 0 Å². The number of fused-ring (bicyclic) bond motifs is 1. The molecule has 2 atom stereocenters. The van der Waals surface area contributed by atoms with Crippen molar-refractivity contribution in [1.29, 1.82) is 0 Å². The number of rotatable bonds is 6. The molecule has 2 aliphatic rings. The van der Waals surface area contributed by atoms with Gasteiger partial charge in [-0.2, -0.15) is 0 Å². The second-order valence-corrected chi connectivity index (χ2v) is 8.01. The lowest BCUT2D eigenvalue weighted by molar-refractivity contribution is -0.139. The fourth-order valence-electron chi connectivity index (χ4n) is 4.57. The zero-order valence-corrected chi connectivity index (χ0v) is 16.9. The zero-order valence-electron chi connectivity index (χ0n) is 16.9. The first-order valence-electron chi connectivity index (χ1n) is 10.2. The lowest BCUT2D eigenvalue weighted by Gasteiger charge is -2.14. The smallest absolute Gasteiger partial charge is 0.233 e. The molecule has 5 heteroatoms. The quantitative estimate of drug-likeness (QED) is 0.431. The van der Waals surface area contributed by atoms with E-state index in [9.17, 15) is 14.4 Å². The van der Waals surface area contributed by atoms with Crippen LogP contribution in [0.4, 0.5) is 0 Å². The summed E-state index contributed by atoms with van der Waals surface area (Å²) in [5.41, 5.74) is 3.75. The number of ketones is 1. The van der Waals surface area contributed by atoms with Gasteiger partial charge < -0.3 is 4.57 Å². The van der Waals surface area contributed by atoms with E-state index in [1.807, 2.05) is 50.3 Å². The number of nitrogens with zero attached hydrogens (tertiary/aromatic N) is 2. The molecule has 5 nitrogen and oxygen atoms in total. The van der Waals surface area contributed by atoms with Gasteiger partial charge in [-0.3, -0.25) is 19.3 Å². The van der Waals surface area contributed by atoms with Gasteiger partial charge in [0, 0.05) is 23.5 Å². The van der Waals surface area contributed by atoms with Crippen LogP contribution >= 0.6 is 0 Å². The van der Waals surface area contributed by atoms with Gasteiger partial charge in [-0.05, 0) is 44.7 Å². The molecule has 4 rings (SSSR count). The van der Waals surface area contributed by atoms with E-state index in [1.165, 1.54) is 10.5 Å². The van der Waals surface area contributed by atoms with Crippen LogP contribution in [0.15, 0.2) is 48.6 Å². The second kappa shape index (κ2) is 7.82. The Bertz CT molecular complexity index is 961. The van der Waals surface area contributed by atoms with Gasteiger partial charge in [-0.25, -0.2) is 0 Å². The number of aromatic nitrogens is 1. The number of amides is 2. The molecule has 2 heterocycles. The van der Waals surface area contributed by atoms with E-state index in [0.717, 1.165) is 24.4 Å². The summed E-state index contributed by atoms with van der Waals surface area (Å²) < 4.78 is 2.14. The van der Waals surface area contributed by atoms with E-state index in [1.54, 1.807) is 0 Å². The van der Waals surface area contributed by atoms with E-state index in [-0.39, 0.29) is 36.0 Å². The Morgan fingerprint density at radius 1 is 1.00 bits per heavy atom. The fourth-order valence-corrected chi connectivity index (χ4v) is 4.57. The predicted octanol–water partition coefficient (Wildman–Crippen LogP) is 3.48. The van der Waals surface area contributed by atoms with Crippen molar-refractivity contribution in [1.82, 2.24) is 9.47 Å². The molecule has 0 saturated carbocycles. The minimum absolute atomic E-state index is 0.159. The topological polar surface area (TPSA) is 59.4 Å². The molecule has 1 aromatic heterocycles. The molecule has 0 bridgehead atoms. The molecule has 0 N–H and O–H groups in total. The Morgan fingerprint density at radius 3 is 2.24 bits per heavy atom. The summed E-state index contributed by atoms with van der Waals surface area (Å²) in [4.78, 5) is 39.5. The molecular formula is C24H26N2O3. The average molecular weight is 390 g/mol. The molecule has 1 aliphatic carbocycles. The lowest BCUT2D eigenvalue weighted by Crippen LogP contribution is -2.36. The van der Waals surface area contributed by atoms with Gasteiger partial charge in [0.05, 0.1) is 18.4 Å². The van der Waals surface area contributed by atoms with Crippen LogP contribution in [0.3, 0.4) is 0 Å². The van der Waals surface area contributed by atoms with Crippen molar-refractivity contribution < 1.29 is 14.4 Å². The molecule has 0 spiro atoms. The Morgan fingerprint density at radius 2 is 1.62 bits per heavy atom. The lowest BCUT2D eigenvalue weighted by atomic mass is 9.85. The van der Waals surface area contributed by atoms with Crippen LogP contribution < -0.4 is 0 Å². The molecular weight excluding hydrogens is 364 g/mol. The number of imide groups is 1. The number of hydrogen-bond acceptors (Lipinski definition) is 3. The molecule has 1 aromatic carbocycles. The number of likely N-dealkylation sites (tertiary alicyclic amines) is 1. The highest BCUT2D eigenvalue weighted by Gasteiger charge is 2.47. The number of Topliss-reactive ketones (excluding diaryl/α,β-unsaturated/α-hetero) is 1. The normalized spacial score (nSPS) is 21.0. The largest absolute Gasteiger partial charge is 0.348 e. The number of aryl methyl sites for hydroxylation is 2. The summed E-state index contributed by atoms with van der Waals surface area (Å²) in [6, 6.07) is 12.1. The van der Waals surface area contributed by atoms with E-state index in [0.29, 0.717) is 18.4 Å². The van der Waals surface area contributed by atoms with Crippen molar-refractivity contribution in [2.45, 2.75) is 39.7 Å². The number of carbonyl (C=O) groups is 3. The summed E-state index contributed by atoms with van der Waals surface area (Å²) in [6.07, 6.45) is 5.97. The highest BCUT2D eigenvalue weighted by molar-refractivity contribution is 6.10. The Labute approximate surface area is 171 Å². The maximum Gasteiger partial charge on any atom is 0.233 e. The van der Waals surface area contributed by atoms with Crippen LogP contribution in [0.1, 0.15) is 40.2 Å². The van der Waals surface area contributed by atoms with Crippen LogP contribution in [0.5, 0.6) is 0 Å². The van der Waals surface area contributed by atoms with E-state index in [4.69, 9.17) is 0 Å². The molecule has 0 unspecified atom stereocenters. The van der Waals surface area contributed by atoms with Crippen LogP contribution in [0, 0.1) is 25.7 Å². The molecule has 150 valence electrons. The van der Waals surface area contributed by atoms with Crippen molar-refractivity contribution in [3.05, 3.63) is 71.1 Å². The average Bonchev–Trinajstić information content (AvgIpc) is 3.15. The van der Waals surface area contributed by atoms with Gasteiger partial charge in [0.2, 0.25) is 11.8 Å². The van der Waals surface area contributed by atoms with Gasteiger partial charge in [0.15, 0.2) is 5.78 Å². The minimum atomic E-state index is -0.293. The summed E-state index contributed by atoms with van der Waals surface area (Å²) in [6.45, 7) is 4.55. The Hall–Kier alpha value is -2.95. The minimum Gasteiger partial charge on any atom is -0.348 e. The van der Waals surface area contributed by atoms with E-state index in [2.05, 4.69) is 16.7 Å². The third-order valence-corrected chi connectivity index (χ3v) is 6.24. The zero-order chi connectivity index (χ0) is 20.5. The molecule has 0 radical (unpaired) electrons. The van der Waals surface area contributed by atoms with Gasteiger partial charge in [-0.1, -0.05) is 42.5 Å². The van der Waals surface area contributed by atoms with E-state index >= 15 is 0 Å². The second-order valence-electron chi connectivity index (χ2n) is 8.01. The summed E-state index contributed by atoms with van der Waals surface area (Å²) in [5.74, 6) is -1.15. The molecule has 2 amide bonds. The van der Waals surface area contributed by atoms with Crippen molar-refractivity contribution in [2.24, 2.45) is 11.8 Å². The van der Waals surface area contributed by atoms with Crippen LogP contribution in [0.25, 0.3) is 0 Å². The molecule has 2 aromatic rings. The molecule has 29 heavy (non-hydrogen) atoms. The number of hydrogen-bond donors (Lipinski definition) is 0. The first-order chi connectivity index (χ1) is 14.0. The van der Waals surface area contributed by atoms with Crippen LogP contribution in [-0.2, 0) is 22.6 Å². The van der Waals surface area contributed by atoms with Gasteiger partial charge in [0.1, 0.15) is 0 Å². The van der Waals surface area contributed by atoms with Crippen molar-refractivity contribution in [3.63, 3.8) is 0 Å². The first-order valence-corrected chi connectivity index (χ1v) is 10.2. The predicted molar refractivity (Wildman–Crippen MR) is 110 cm³/mol. The highest BCUT2D eigenvalue weighted by Crippen LogP contribution is 2.35. The van der Waals surface area contributed by atoms with Crippen LogP contribution in [0.2, 0.25) is 0 Å². The van der Waals surface area contributed by atoms with Gasteiger partial charge in [0.25, 0.3) is 0 Å². The SMILES string of the molecule is Cc1cc(C(=O)CN2C(=O)[C@H]3CC=CC[C@@H]3C2=O)c(C)n1CCc1ccccc1. The summed E-state index contributed by atoms with van der Waals surface area (Å²) in [7, 11) is 0.